The van der Waals surface area contributed by atoms with Gasteiger partial charge < -0.3 is 9.80 Å². The summed E-state index contributed by atoms with van der Waals surface area (Å²) in [6.45, 7) is 5.11. The summed E-state index contributed by atoms with van der Waals surface area (Å²) in [5.41, 5.74) is 2.24. The minimum absolute atomic E-state index is 0.0271. The number of benzene rings is 1. The van der Waals surface area contributed by atoms with E-state index in [4.69, 9.17) is 0 Å². The molecule has 0 saturated heterocycles. The van der Waals surface area contributed by atoms with Crippen molar-refractivity contribution in [2.45, 2.75) is 33.2 Å². The molecule has 0 saturated carbocycles. The number of carbonyl (C=O) groups excluding carboxylic acids is 1. The minimum atomic E-state index is -0.281. The van der Waals surface area contributed by atoms with Crippen molar-refractivity contribution in [3.8, 4) is 0 Å². The Balaban J connectivity index is 1.89. The quantitative estimate of drug-likeness (QED) is 0.593. The number of thiazole rings is 1. The van der Waals surface area contributed by atoms with Crippen LogP contribution >= 0.6 is 11.3 Å². The van der Waals surface area contributed by atoms with E-state index < -0.39 is 0 Å². The van der Waals surface area contributed by atoms with Crippen molar-refractivity contribution in [2.24, 2.45) is 0 Å². The van der Waals surface area contributed by atoms with Gasteiger partial charge in [-0.3, -0.25) is 14.0 Å². The molecule has 0 spiro atoms. The summed E-state index contributed by atoms with van der Waals surface area (Å²) in [6.07, 6.45) is 0.850. The maximum atomic E-state index is 13.2. The molecule has 0 fully saturated rings. The molecule has 29 heavy (non-hydrogen) atoms. The molecule has 0 atom stereocenters. The van der Waals surface area contributed by atoms with Gasteiger partial charge in [-0.25, -0.2) is 9.37 Å². The van der Waals surface area contributed by atoms with Gasteiger partial charge in [-0.2, -0.15) is 0 Å². The van der Waals surface area contributed by atoms with Crippen LogP contribution in [0.2, 0.25) is 0 Å². The molecule has 3 rings (SSSR count). The first-order valence-electron chi connectivity index (χ1n) is 9.51. The van der Waals surface area contributed by atoms with E-state index in [0.717, 1.165) is 16.3 Å². The number of carbonyl (C=O) groups is 1. The van der Waals surface area contributed by atoms with E-state index in [1.165, 1.54) is 23.5 Å². The van der Waals surface area contributed by atoms with Crippen LogP contribution in [0.5, 0.6) is 0 Å². The molecule has 1 amide bonds. The van der Waals surface area contributed by atoms with E-state index >= 15 is 0 Å². The van der Waals surface area contributed by atoms with Crippen LogP contribution in [-0.2, 0) is 17.8 Å². The third kappa shape index (κ3) is 4.64. The first-order chi connectivity index (χ1) is 13.8. The Kier molecular flexibility index (Phi) is 6.32. The van der Waals surface area contributed by atoms with E-state index in [1.807, 2.05) is 18.7 Å². The maximum Gasteiger partial charge on any atom is 0.259 e. The molecular formula is C21H25FN4O2S. The Morgan fingerprint density at radius 2 is 1.93 bits per heavy atom. The average molecular weight is 417 g/mol. The molecule has 0 N–H and O–H groups in total. The van der Waals surface area contributed by atoms with Gasteiger partial charge in [0.2, 0.25) is 5.91 Å². The Bertz CT molecular complexity index is 1070. The summed E-state index contributed by atoms with van der Waals surface area (Å²) in [7, 11) is 3.45. The molecule has 0 aliphatic carbocycles. The first-order valence-corrected chi connectivity index (χ1v) is 10.3. The highest BCUT2D eigenvalue weighted by Gasteiger charge is 2.16. The summed E-state index contributed by atoms with van der Waals surface area (Å²) >= 11 is 1.46. The Hall–Kier alpha value is -2.74. The lowest BCUT2D eigenvalue weighted by atomic mass is 10.2. The Morgan fingerprint density at radius 1 is 1.24 bits per heavy atom. The largest absolute Gasteiger partial charge is 0.366 e. The molecule has 1 aromatic carbocycles. The molecule has 2 aromatic heterocycles. The smallest absolute Gasteiger partial charge is 0.259 e. The monoisotopic (exact) mass is 416 g/mol. The molecule has 3 aromatic rings. The molecule has 0 bridgehead atoms. The zero-order chi connectivity index (χ0) is 21.1. The number of rotatable bonds is 7. The molecule has 2 heterocycles. The summed E-state index contributed by atoms with van der Waals surface area (Å²) in [5, 5.41) is 0. The third-order valence-corrected chi connectivity index (χ3v) is 5.86. The SMILES string of the molecule is CCN(Cc1cc(=O)n2c(CCC(=O)N(C)C)c(C)sc2n1)c1ccc(F)cc1. The number of aromatic nitrogens is 2. The van der Waals surface area contributed by atoms with Crippen molar-refractivity contribution in [1.82, 2.24) is 14.3 Å². The zero-order valence-electron chi connectivity index (χ0n) is 17.1. The number of halogens is 1. The predicted molar refractivity (Wildman–Crippen MR) is 114 cm³/mol. The number of nitrogens with zero attached hydrogens (tertiary/aromatic N) is 4. The highest BCUT2D eigenvalue weighted by atomic mass is 32.1. The summed E-state index contributed by atoms with van der Waals surface area (Å²) in [5.74, 6) is -0.254. The van der Waals surface area contributed by atoms with E-state index in [0.29, 0.717) is 36.6 Å². The molecule has 8 heteroatoms. The van der Waals surface area contributed by atoms with E-state index in [-0.39, 0.29) is 17.3 Å². The topological polar surface area (TPSA) is 57.9 Å². The van der Waals surface area contributed by atoms with Crippen LogP contribution in [0.4, 0.5) is 10.1 Å². The van der Waals surface area contributed by atoms with E-state index in [9.17, 15) is 14.0 Å². The lowest BCUT2D eigenvalue weighted by Gasteiger charge is -2.22. The first kappa shape index (κ1) is 21.0. The van der Waals surface area contributed by atoms with Gasteiger partial charge in [-0.05, 0) is 44.5 Å². The van der Waals surface area contributed by atoms with Crippen molar-refractivity contribution >= 4 is 27.9 Å². The Labute approximate surface area is 173 Å². The summed E-state index contributed by atoms with van der Waals surface area (Å²) < 4.78 is 14.8. The number of aryl methyl sites for hydroxylation is 2. The number of anilines is 1. The molecule has 6 nitrogen and oxygen atoms in total. The maximum absolute atomic E-state index is 13.2. The molecule has 0 unspecified atom stereocenters. The van der Waals surface area contributed by atoms with Crippen LogP contribution in [0, 0.1) is 12.7 Å². The molecule has 154 valence electrons. The van der Waals surface area contributed by atoms with E-state index in [2.05, 4.69) is 4.98 Å². The second kappa shape index (κ2) is 8.73. The van der Waals surface area contributed by atoms with Gasteiger partial charge in [0.25, 0.3) is 5.56 Å². The van der Waals surface area contributed by atoms with Crippen molar-refractivity contribution in [2.75, 3.05) is 25.5 Å². The fourth-order valence-corrected chi connectivity index (χ4v) is 4.27. The van der Waals surface area contributed by atoms with E-state index in [1.54, 1.807) is 41.6 Å². The van der Waals surface area contributed by atoms with Gasteiger partial charge in [0, 0.05) is 49.4 Å². The molecule has 0 aliphatic heterocycles. The van der Waals surface area contributed by atoms with Gasteiger partial charge in [0.05, 0.1) is 12.2 Å². The van der Waals surface area contributed by atoms with Gasteiger partial charge in [0.1, 0.15) is 5.82 Å². The summed E-state index contributed by atoms with van der Waals surface area (Å²) in [4.78, 5) is 34.7. The van der Waals surface area contributed by atoms with Gasteiger partial charge in [-0.1, -0.05) is 0 Å². The number of amides is 1. The number of hydrogen-bond acceptors (Lipinski definition) is 5. The van der Waals surface area contributed by atoms with Crippen molar-refractivity contribution < 1.29 is 9.18 Å². The predicted octanol–water partition coefficient (Wildman–Crippen LogP) is 3.25. The highest BCUT2D eigenvalue weighted by molar-refractivity contribution is 7.17. The van der Waals surface area contributed by atoms with Gasteiger partial charge in [0.15, 0.2) is 4.96 Å². The minimum Gasteiger partial charge on any atom is -0.366 e. The van der Waals surface area contributed by atoms with Crippen molar-refractivity contribution in [3.63, 3.8) is 0 Å². The third-order valence-electron chi connectivity index (χ3n) is 4.86. The standard InChI is InChI=1S/C21H25FN4O2S/c1-5-25(17-8-6-15(22)7-9-17)13-16-12-20(28)26-18(10-11-19(27)24(3)4)14(2)29-21(26)23-16/h6-9,12H,5,10-11,13H2,1-4H3. The average Bonchev–Trinajstić information content (AvgIpc) is 3.00. The molecule has 0 aliphatic rings. The van der Waals surface area contributed by atoms with Crippen LogP contribution in [0.25, 0.3) is 4.96 Å². The second-order valence-corrected chi connectivity index (χ2v) is 8.27. The Morgan fingerprint density at radius 3 is 2.55 bits per heavy atom. The van der Waals surface area contributed by atoms with Crippen LogP contribution in [0.3, 0.4) is 0 Å². The fourth-order valence-electron chi connectivity index (χ4n) is 3.23. The zero-order valence-corrected chi connectivity index (χ0v) is 17.9. The van der Waals surface area contributed by atoms with Crippen molar-refractivity contribution in [3.05, 3.63) is 62.8 Å². The highest BCUT2D eigenvalue weighted by Crippen LogP contribution is 2.22. The lowest BCUT2D eigenvalue weighted by Crippen LogP contribution is -2.25. The molecular weight excluding hydrogens is 391 g/mol. The van der Waals surface area contributed by atoms with Crippen LogP contribution in [0.1, 0.15) is 29.6 Å². The van der Waals surface area contributed by atoms with Crippen molar-refractivity contribution in [1.29, 1.82) is 0 Å². The van der Waals surface area contributed by atoms with Crippen LogP contribution < -0.4 is 10.5 Å². The second-order valence-electron chi connectivity index (χ2n) is 7.09. The van der Waals surface area contributed by atoms with Crippen LogP contribution in [0.15, 0.2) is 35.1 Å². The summed E-state index contributed by atoms with van der Waals surface area (Å²) in [6, 6.07) is 7.84. The lowest BCUT2D eigenvalue weighted by molar-refractivity contribution is -0.128. The van der Waals surface area contributed by atoms with Crippen LogP contribution in [-0.4, -0.2) is 40.8 Å². The van der Waals surface area contributed by atoms with Gasteiger partial charge >= 0.3 is 0 Å². The number of fused-ring (bicyclic) bond motifs is 1. The number of hydrogen-bond donors (Lipinski definition) is 0. The van der Waals surface area contributed by atoms with Gasteiger partial charge in [-0.15, -0.1) is 11.3 Å². The normalized spacial score (nSPS) is 11.1. The fraction of sp³-hybridized carbons (Fsp3) is 0.381. The molecule has 0 radical (unpaired) electrons.